The fourth-order valence-corrected chi connectivity index (χ4v) is 3.24. The first-order valence-electron chi connectivity index (χ1n) is 5.95. The number of hydrogen-bond donors (Lipinski definition) is 0. The number of aryl methyl sites for hydroxylation is 2. The molecule has 1 unspecified atom stereocenters. The molecule has 1 heterocycles. The van der Waals surface area contributed by atoms with Crippen LogP contribution in [0.15, 0.2) is 41.1 Å². The molecule has 0 spiro atoms. The maximum absolute atomic E-state index is 3.78. The van der Waals surface area contributed by atoms with Gasteiger partial charge in [0.1, 0.15) is 0 Å². The summed E-state index contributed by atoms with van der Waals surface area (Å²) in [5.74, 6) is 0. The maximum Gasteiger partial charge on any atom is 0.0189 e. The summed E-state index contributed by atoms with van der Waals surface area (Å²) < 4.78 is 0. The van der Waals surface area contributed by atoms with Crippen molar-refractivity contribution in [2.75, 3.05) is 0 Å². The van der Waals surface area contributed by atoms with E-state index in [9.17, 15) is 0 Å². The molecule has 90 valence electrons. The van der Waals surface area contributed by atoms with Crippen LogP contribution in [0.5, 0.6) is 0 Å². The van der Waals surface area contributed by atoms with Gasteiger partial charge in [-0.15, -0.1) is 0 Å². The molecule has 0 aliphatic heterocycles. The molecule has 2 aromatic rings. The minimum atomic E-state index is 0.581. The molecule has 0 bridgehead atoms. The van der Waals surface area contributed by atoms with Crippen molar-refractivity contribution in [2.24, 2.45) is 0 Å². The first-order chi connectivity index (χ1) is 8.24. The molecular formula is C15H17BrS. The Morgan fingerprint density at radius 2 is 2.12 bits per heavy atom. The first-order valence-corrected chi connectivity index (χ1v) is 7.80. The van der Waals surface area contributed by atoms with Crippen molar-refractivity contribution in [3.05, 3.63) is 57.8 Å². The summed E-state index contributed by atoms with van der Waals surface area (Å²) >= 11 is 5.56. The van der Waals surface area contributed by atoms with Gasteiger partial charge in [0, 0.05) is 4.83 Å². The van der Waals surface area contributed by atoms with Crippen molar-refractivity contribution in [1.82, 2.24) is 0 Å². The Balaban J connectivity index is 1.82. The number of alkyl halides is 1. The number of benzene rings is 1. The molecule has 0 nitrogen and oxygen atoms in total. The number of rotatable bonds is 5. The standard InChI is InChI=1S/C15H17BrS/c1-12-3-2-4-13(9-12)5-6-15(16)10-14-7-8-17-11-14/h2-4,7-9,11,15H,5-6,10H2,1H3. The minimum Gasteiger partial charge on any atom is -0.152 e. The van der Waals surface area contributed by atoms with E-state index < -0.39 is 0 Å². The van der Waals surface area contributed by atoms with Gasteiger partial charge in [-0.3, -0.25) is 0 Å². The van der Waals surface area contributed by atoms with Gasteiger partial charge in [0.2, 0.25) is 0 Å². The molecule has 0 radical (unpaired) electrons. The second-order valence-corrected chi connectivity index (χ2v) is 6.54. The predicted molar refractivity (Wildman–Crippen MR) is 80.2 cm³/mol. The van der Waals surface area contributed by atoms with Crippen LogP contribution in [0.3, 0.4) is 0 Å². The summed E-state index contributed by atoms with van der Waals surface area (Å²) in [4.78, 5) is 0.581. The number of thiophene rings is 1. The van der Waals surface area contributed by atoms with Crippen LogP contribution in [-0.4, -0.2) is 4.83 Å². The SMILES string of the molecule is Cc1cccc(CCC(Br)Cc2ccsc2)c1. The van der Waals surface area contributed by atoms with Gasteiger partial charge < -0.3 is 0 Å². The van der Waals surface area contributed by atoms with Gasteiger partial charge in [0.25, 0.3) is 0 Å². The fraction of sp³-hybridized carbons (Fsp3) is 0.333. The van der Waals surface area contributed by atoms with E-state index in [0.717, 1.165) is 12.8 Å². The van der Waals surface area contributed by atoms with Gasteiger partial charge in [0.15, 0.2) is 0 Å². The van der Waals surface area contributed by atoms with Gasteiger partial charge in [0.05, 0.1) is 0 Å². The monoisotopic (exact) mass is 308 g/mol. The third kappa shape index (κ3) is 4.29. The normalized spacial score (nSPS) is 12.6. The van der Waals surface area contributed by atoms with E-state index in [0.29, 0.717) is 4.83 Å². The molecule has 17 heavy (non-hydrogen) atoms. The Bertz CT molecular complexity index is 448. The van der Waals surface area contributed by atoms with E-state index in [1.54, 1.807) is 11.3 Å². The van der Waals surface area contributed by atoms with Crippen molar-refractivity contribution in [3.8, 4) is 0 Å². The topological polar surface area (TPSA) is 0 Å². The molecule has 2 heteroatoms. The average molecular weight is 309 g/mol. The molecule has 0 aliphatic carbocycles. The van der Waals surface area contributed by atoms with Crippen molar-refractivity contribution >= 4 is 27.3 Å². The molecule has 2 rings (SSSR count). The van der Waals surface area contributed by atoms with Crippen molar-refractivity contribution < 1.29 is 0 Å². The lowest BCUT2D eigenvalue weighted by atomic mass is 10.0. The second-order valence-electron chi connectivity index (χ2n) is 4.46. The maximum atomic E-state index is 3.78. The summed E-state index contributed by atoms with van der Waals surface area (Å²) in [7, 11) is 0. The summed E-state index contributed by atoms with van der Waals surface area (Å²) in [6.45, 7) is 2.15. The lowest BCUT2D eigenvalue weighted by Crippen LogP contribution is -2.03. The highest BCUT2D eigenvalue weighted by Gasteiger charge is 2.06. The predicted octanol–water partition coefficient (Wildman–Crippen LogP) is 5.00. The summed E-state index contributed by atoms with van der Waals surface area (Å²) in [6.07, 6.45) is 3.48. The van der Waals surface area contributed by atoms with E-state index >= 15 is 0 Å². The van der Waals surface area contributed by atoms with Gasteiger partial charge in [-0.05, 0) is 54.1 Å². The Morgan fingerprint density at radius 3 is 2.82 bits per heavy atom. The van der Waals surface area contributed by atoms with Gasteiger partial charge in [-0.2, -0.15) is 11.3 Å². The second kappa shape index (κ2) is 6.36. The van der Waals surface area contributed by atoms with Crippen LogP contribution in [0.4, 0.5) is 0 Å². The van der Waals surface area contributed by atoms with Gasteiger partial charge >= 0.3 is 0 Å². The third-order valence-corrected chi connectivity index (χ3v) is 4.38. The molecule has 0 fully saturated rings. The van der Waals surface area contributed by atoms with E-state index in [-0.39, 0.29) is 0 Å². The molecule has 0 aliphatic rings. The van der Waals surface area contributed by atoms with Crippen molar-refractivity contribution in [3.63, 3.8) is 0 Å². The highest BCUT2D eigenvalue weighted by atomic mass is 79.9. The Kier molecular flexibility index (Phi) is 4.81. The van der Waals surface area contributed by atoms with Crippen molar-refractivity contribution in [2.45, 2.75) is 31.0 Å². The van der Waals surface area contributed by atoms with Gasteiger partial charge in [-0.1, -0.05) is 45.8 Å². The molecular weight excluding hydrogens is 292 g/mol. The molecule has 0 saturated heterocycles. The molecule has 0 saturated carbocycles. The highest BCUT2D eigenvalue weighted by Crippen LogP contribution is 2.18. The summed E-state index contributed by atoms with van der Waals surface area (Å²) in [5, 5.41) is 4.39. The lowest BCUT2D eigenvalue weighted by molar-refractivity contribution is 0.764. The summed E-state index contributed by atoms with van der Waals surface area (Å²) in [6, 6.07) is 11.0. The zero-order valence-corrected chi connectivity index (χ0v) is 12.4. The zero-order valence-electron chi connectivity index (χ0n) is 10.0. The first kappa shape index (κ1) is 12.8. The van der Waals surface area contributed by atoms with Crippen LogP contribution < -0.4 is 0 Å². The fourth-order valence-electron chi connectivity index (χ4n) is 1.96. The molecule has 0 amide bonds. The lowest BCUT2D eigenvalue weighted by Gasteiger charge is -2.09. The average Bonchev–Trinajstić information content (AvgIpc) is 2.79. The van der Waals surface area contributed by atoms with Crippen LogP contribution in [0.2, 0.25) is 0 Å². The van der Waals surface area contributed by atoms with E-state index in [4.69, 9.17) is 0 Å². The van der Waals surface area contributed by atoms with Crippen molar-refractivity contribution in [1.29, 1.82) is 0 Å². The molecule has 1 aromatic heterocycles. The minimum absolute atomic E-state index is 0.581. The quantitative estimate of drug-likeness (QED) is 0.682. The Labute approximate surface area is 116 Å². The Morgan fingerprint density at radius 1 is 1.24 bits per heavy atom. The van der Waals surface area contributed by atoms with Crippen LogP contribution in [-0.2, 0) is 12.8 Å². The smallest absolute Gasteiger partial charge is 0.0189 e. The van der Waals surface area contributed by atoms with Gasteiger partial charge in [-0.25, -0.2) is 0 Å². The summed E-state index contributed by atoms with van der Waals surface area (Å²) in [5.41, 5.74) is 4.24. The molecule has 1 atom stereocenters. The molecule has 1 aromatic carbocycles. The number of halogens is 1. The largest absolute Gasteiger partial charge is 0.152 e. The van der Waals surface area contributed by atoms with Crippen LogP contribution >= 0.6 is 27.3 Å². The van der Waals surface area contributed by atoms with E-state index in [1.165, 1.54) is 23.1 Å². The zero-order chi connectivity index (χ0) is 12.1. The molecule has 0 N–H and O–H groups in total. The highest BCUT2D eigenvalue weighted by molar-refractivity contribution is 9.09. The van der Waals surface area contributed by atoms with Crippen LogP contribution in [0, 0.1) is 6.92 Å². The number of hydrogen-bond acceptors (Lipinski definition) is 1. The van der Waals surface area contributed by atoms with Crippen LogP contribution in [0.25, 0.3) is 0 Å². The van der Waals surface area contributed by atoms with E-state index in [2.05, 4.69) is 63.9 Å². The van der Waals surface area contributed by atoms with Crippen LogP contribution in [0.1, 0.15) is 23.1 Å². The Hall–Kier alpha value is -0.600. The van der Waals surface area contributed by atoms with E-state index in [1.807, 2.05) is 0 Å². The third-order valence-electron chi connectivity index (χ3n) is 2.87.